The minimum atomic E-state index is -0.599. The summed E-state index contributed by atoms with van der Waals surface area (Å²) in [6.45, 7) is -0.0675. The summed E-state index contributed by atoms with van der Waals surface area (Å²) in [6.07, 6.45) is 0. The summed E-state index contributed by atoms with van der Waals surface area (Å²) in [5, 5.41) is 2.61. The maximum atomic E-state index is 13.7. The number of halogens is 2. The first-order valence-corrected chi connectivity index (χ1v) is 7.85. The Bertz CT molecular complexity index is 748. The Labute approximate surface area is 147 Å². The summed E-state index contributed by atoms with van der Waals surface area (Å²) in [4.78, 5) is 25.0. The Morgan fingerprint density at radius 1 is 1.17 bits per heavy atom. The molecule has 0 aliphatic heterocycles. The van der Waals surface area contributed by atoms with E-state index in [4.69, 9.17) is 4.74 Å². The SMILES string of the molecule is CN(C)C(=O)COc1ccc(NC(=O)c2cc(Br)ccc2F)cc1. The summed E-state index contributed by atoms with van der Waals surface area (Å²) < 4.78 is 19.6. The van der Waals surface area contributed by atoms with Crippen molar-refractivity contribution in [3.8, 4) is 5.75 Å². The number of anilines is 1. The van der Waals surface area contributed by atoms with Crippen LogP contribution >= 0.6 is 15.9 Å². The van der Waals surface area contributed by atoms with Gasteiger partial charge < -0.3 is 15.0 Å². The van der Waals surface area contributed by atoms with Crippen molar-refractivity contribution >= 4 is 33.4 Å². The normalized spacial score (nSPS) is 10.2. The average Bonchev–Trinajstić information content (AvgIpc) is 2.55. The van der Waals surface area contributed by atoms with E-state index in [-0.39, 0.29) is 18.1 Å². The van der Waals surface area contributed by atoms with Crippen LogP contribution in [0.3, 0.4) is 0 Å². The van der Waals surface area contributed by atoms with E-state index in [2.05, 4.69) is 21.2 Å². The van der Waals surface area contributed by atoms with Crippen molar-refractivity contribution in [2.45, 2.75) is 0 Å². The molecule has 0 unspecified atom stereocenters. The summed E-state index contributed by atoms with van der Waals surface area (Å²) in [5.74, 6) is -0.808. The van der Waals surface area contributed by atoms with E-state index in [1.165, 1.54) is 23.1 Å². The van der Waals surface area contributed by atoms with Crippen molar-refractivity contribution in [1.29, 1.82) is 0 Å². The van der Waals surface area contributed by atoms with E-state index < -0.39 is 11.7 Å². The highest BCUT2D eigenvalue weighted by Gasteiger charge is 2.12. The molecule has 126 valence electrons. The first-order valence-electron chi connectivity index (χ1n) is 7.06. The quantitative estimate of drug-likeness (QED) is 0.845. The number of benzene rings is 2. The lowest BCUT2D eigenvalue weighted by Crippen LogP contribution is -2.27. The molecule has 0 bridgehead atoms. The number of carbonyl (C=O) groups excluding carboxylic acids is 2. The van der Waals surface area contributed by atoms with Gasteiger partial charge in [0.1, 0.15) is 11.6 Å². The monoisotopic (exact) mass is 394 g/mol. The molecule has 0 radical (unpaired) electrons. The highest BCUT2D eigenvalue weighted by molar-refractivity contribution is 9.10. The van der Waals surface area contributed by atoms with Gasteiger partial charge in [0.05, 0.1) is 5.56 Å². The number of hydrogen-bond donors (Lipinski definition) is 1. The third kappa shape index (κ3) is 4.79. The lowest BCUT2D eigenvalue weighted by Gasteiger charge is -2.12. The Morgan fingerprint density at radius 2 is 1.83 bits per heavy atom. The first-order chi connectivity index (χ1) is 11.4. The fourth-order valence-electron chi connectivity index (χ4n) is 1.78. The Kier molecular flexibility index (Phi) is 5.92. The first kappa shape index (κ1) is 17.9. The number of likely N-dealkylation sites (N-methyl/N-ethyl adjacent to an activating group) is 1. The zero-order chi connectivity index (χ0) is 17.7. The van der Waals surface area contributed by atoms with Gasteiger partial charge in [-0.1, -0.05) is 15.9 Å². The zero-order valence-electron chi connectivity index (χ0n) is 13.2. The lowest BCUT2D eigenvalue weighted by molar-refractivity contribution is -0.130. The molecule has 0 saturated carbocycles. The number of nitrogens with one attached hydrogen (secondary N) is 1. The van der Waals surface area contributed by atoms with Crippen molar-refractivity contribution in [2.24, 2.45) is 0 Å². The fourth-order valence-corrected chi connectivity index (χ4v) is 2.14. The molecule has 0 spiro atoms. The molecule has 2 rings (SSSR count). The second-order valence-electron chi connectivity index (χ2n) is 5.18. The second kappa shape index (κ2) is 7.92. The van der Waals surface area contributed by atoms with E-state index in [0.29, 0.717) is 15.9 Å². The smallest absolute Gasteiger partial charge is 0.259 e. The molecule has 0 fully saturated rings. The van der Waals surface area contributed by atoms with Gasteiger partial charge in [0.2, 0.25) is 0 Å². The molecule has 0 aromatic heterocycles. The Hall–Kier alpha value is -2.41. The number of hydrogen-bond acceptors (Lipinski definition) is 3. The predicted molar refractivity (Wildman–Crippen MR) is 92.7 cm³/mol. The van der Waals surface area contributed by atoms with E-state index in [0.717, 1.165) is 0 Å². The van der Waals surface area contributed by atoms with Crippen LogP contribution in [0, 0.1) is 5.82 Å². The van der Waals surface area contributed by atoms with Crippen molar-refractivity contribution in [3.63, 3.8) is 0 Å². The van der Waals surface area contributed by atoms with Crippen LogP contribution in [0.5, 0.6) is 5.75 Å². The highest BCUT2D eigenvalue weighted by atomic mass is 79.9. The summed E-state index contributed by atoms with van der Waals surface area (Å²) in [7, 11) is 3.29. The van der Waals surface area contributed by atoms with Crippen molar-refractivity contribution < 1.29 is 18.7 Å². The van der Waals surface area contributed by atoms with Gasteiger partial charge in [-0.05, 0) is 42.5 Å². The standard InChI is InChI=1S/C17H16BrFN2O3/c1-21(2)16(22)10-24-13-6-4-12(5-7-13)20-17(23)14-9-11(18)3-8-15(14)19/h3-9H,10H2,1-2H3,(H,20,23). The Morgan fingerprint density at radius 3 is 2.46 bits per heavy atom. The molecule has 2 amide bonds. The van der Waals surface area contributed by atoms with E-state index in [1.807, 2.05) is 0 Å². The van der Waals surface area contributed by atoms with E-state index in [9.17, 15) is 14.0 Å². The molecule has 2 aromatic carbocycles. The number of ether oxygens (including phenoxy) is 1. The molecule has 2 aromatic rings. The molecule has 1 N–H and O–H groups in total. The highest BCUT2D eigenvalue weighted by Crippen LogP contribution is 2.19. The largest absolute Gasteiger partial charge is 0.484 e. The third-order valence-corrected chi connectivity index (χ3v) is 3.64. The Balaban J connectivity index is 1.99. The maximum Gasteiger partial charge on any atom is 0.259 e. The summed E-state index contributed by atoms with van der Waals surface area (Å²) >= 11 is 3.20. The minimum absolute atomic E-state index is 0.0544. The maximum absolute atomic E-state index is 13.7. The number of carbonyl (C=O) groups is 2. The van der Waals surface area contributed by atoms with Crippen LogP contribution in [0.1, 0.15) is 10.4 Å². The second-order valence-corrected chi connectivity index (χ2v) is 6.10. The van der Waals surface area contributed by atoms with Crippen LogP contribution in [0.2, 0.25) is 0 Å². The number of nitrogens with zero attached hydrogens (tertiary/aromatic N) is 1. The van der Waals surface area contributed by atoms with Crippen LogP contribution in [-0.4, -0.2) is 37.4 Å². The van der Waals surface area contributed by atoms with E-state index >= 15 is 0 Å². The average molecular weight is 395 g/mol. The molecule has 0 saturated heterocycles. The third-order valence-electron chi connectivity index (χ3n) is 3.15. The van der Waals surface area contributed by atoms with Gasteiger partial charge in [0, 0.05) is 24.3 Å². The summed E-state index contributed by atoms with van der Waals surface area (Å²) in [5.41, 5.74) is 0.437. The lowest BCUT2D eigenvalue weighted by atomic mass is 10.2. The van der Waals surface area contributed by atoms with Gasteiger partial charge >= 0.3 is 0 Å². The van der Waals surface area contributed by atoms with Gasteiger partial charge in [-0.15, -0.1) is 0 Å². The molecule has 5 nitrogen and oxygen atoms in total. The van der Waals surface area contributed by atoms with Crippen LogP contribution < -0.4 is 10.1 Å². The molecule has 0 heterocycles. The topological polar surface area (TPSA) is 58.6 Å². The van der Waals surface area contributed by atoms with Gasteiger partial charge in [-0.3, -0.25) is 9.59 Å². The molecular formula is C17H16BrFN2O3. The van der Waals surface area contributed by atoms with Crippen molar-refractivity contribution in [2.75, 3.05) is 26.0 Å². The number of rotatable bonds is 5. The summed E-state index contributed by atoms with van der Waals surface area (Å²) in [6, 6.07) is 10.6. The van der Waals surface area contributed by atoms with Gasteiger partial charge in [0.15, 0.2) is 6.61 Å². The van der Waals surface area contributed by atoms with Gasteiger partial charge in [-0.2, -0.15) is 0 Å². The predicted octanol–water partition coefficient (Wildman–Crippen LogP) is 3.31. The van der Waals surface area contributed by atoms with Crippen LogP contribution in [0.15, 0.2) is 46.9 Å². The van der Waals surface area contributed by atoms with Crippen LogP contribution in [0.4, 0.5) is 10.1 Å². The zero-order valence-corrected chi connectivity index (χ0v) is 14.8. The van der Waals surface area contributed by atoms with E-state index in [1.54, 1.807) is 38.4 Å². The molecule has 0 atom stereocenters. The molecule has 0 aliphatic carbocycles. The van der Waals surface area contributed by atoms with Crippen LogP contribution in [-0.2, 0) is 4.79 Å². The number of amides is 2. The van der Waals surface area contributed by atoms with Crippen molar-refractivity contribution in [3.05, 3.63) is 58.3 Å². The molecule has 0 aliphatic rings. The van der Waals surface area contributed by atoms with Gasteiger partial charge in [-0.25, -0.2) is 4.39 Å². The van der Waals surface area contributed by atoms with Crippen molar-refractivity contribution in [1.82, 2.24) is 4.90 Å². The van der Waals surface area contributed by atoms with Crippen LogP contribution in [0.25, 0.3) is 0 Å². The van der Waals surface area contributed by atoms with Gasteiger partial charge in [0.25, 0.3) is 11.8 Å². The molecular weight excluding hydrogens is 379 g/mol. The fraction of sp³-hybridized carbons (Fsp3) is 0.176. The molecule has 7 heteroatoms. The minimum Gasteiger partial charge on any atom is -0.484 e. The molecule has 24 heavy (non-hydrogen) atoms.